The van der Waals surface area contributed by atoms with E-state index in [9.17, 15) is 10.1 Å². The molecule has 7 heteroatoms. The second-order valence-corrected chi connectivity index (χ2v) is 5.88. The quantitative estimate of drug-likeness (QED) is 0.564. The van der Waals surface area contributed by atoms with Gasteiger partial charge in [-0.3, -0.25) is 10.1 Å². The number of benzene rings is 1. The van der Waals surface area contributed by atoms with Crippen molar-refractivity contribution in [2.45, 2.75) is 19.8 Å². The van der Waals surface area contributed by atoms with Crippen LogP contribution in [0.1, 0.15) is 19.8 Å². The third kappa shape index (κ3) is 4.33. The number of piperidine rings is 1. The first kappa shape index (κ1) is 17.5. The molecule has 0 aromatic heterocycles. The predicted octanol–water partition coefficient (Wildman–Crippen LogP) is 2.42. The maximum absolute atomic E-state index is 11.4. The molecule has 0 atom stereocenters. The number of hydrogen-bond donors (Lipinski definition) is 2. The summed E-state index contributed by atoms with van der Waals surface area (Å²) < 4.78 is 10.8. The van der Waals surface area contributed by atoms with Crippen molar-refractivity contribution in [2.75, 3.05) is 45.3 Å². The zero-order valence-corrected chi connectivity index (χ0v) is 13.8. The van der Waals surface area contributed by atoms with Crippen LogP contribution in [0.2, 0.25) is 0 Å². The van der Waals surface area contributed by atoms with Crippen molar-refractivity contribution in [3.05, 3.63) is 28.3 Å². The van der Waals surface area contributed by atoms with Crippen molar-refractivity contribution in [2.24, 2.45) is 5.41 Å². The minimum atomic E-state index is -0.390. The van der Waals surface area contributed by atoms with Crippen LogP contribution in [0.15, 0.2) is 18.2 Å². The first-order valence-corrected chi connectivity index (χ1v) is 7.95. The lowest BCUT2D eigenvalue weighted by molar-refractivity contribution is -0.384. The highest BCUT2D eigenvalue weighted by Crippen LogP contribution is 2.36. The molecule has 1 aliphatic rings. The minimum Gasteiger partial charge on any atom is -0.487 e. The van der Waals surface area contributed by atoms with Crippen molar-refractivity contribution < 1.29 is 14.4 Å². The average molecular weight is 323 g/mol. The molecular formula is C16H25N3O4. The minimum absolute atomic E-state index is 0.00384. The van der Waals surface area contributed by atoms with Crippen LogP contribution in [0.25, 0.3) is 0 Å². The van der Waals surface area contributed by atoms with Crippen LogP contribution >= 0.6 is 0 Å². The highest BCUT2D eigenvalue weighted by molar-refractivity contribution is 5.68. The summed E-state index contributed by atoms with van der Waals surface area (Å²) >= 11 is 0. The van der Waals surface area contributed by atoms with E-state index in [1.54, 1.807) is 25.3 Å². The van der Waals surface area contributed by atoms with Gasteiger partial charge in [0.15, 0.2) is 5.75 Å². The predicted molar refractivity (Wildman–Crippen MR) is 89.2 cm³/mol. The normalized spacial score (nSPS) is 16.8. The lowest BCUT2D eigenvalue weighted by atomic mass is 9.79. The maximum Gasteiger partial charge on any atom is 0.333 e. The van der Waals surface area contributed by atoms with Crippen molar-refractivity contribution in [1.82, 2.24) is 5.32 Å². The molecule has 23 heavy (non-hydrogen) atoms. The van der Waals surface area contributed by atoms with Gasteiger partial charge < -0.3 is 20.1 Å². The molecule has 2 rings (SSSR count). The van der Waals surface area contributed by atoms with Gasteiger partial charge in [-0.25, -0.2) is 0 Å². The molecule has 0 unspecified atom stereocenters. The Balaban J connectivity index is 2.18. The monoisotopic (exact) mass is 323 g/mol. The molecule has 1 heterocycles. The third-order valence-electron chi connectivity index (χ3n) is 4.25. The second-order valence-electron chi connectivity index (χ2n) is 5.88. The second kappa shape index (κ2) is 8.12. The first-order valence-electron chi connectivity index (χ1n) is 7.95. The summed E-state index contributed by atoms with van der Waals surface area (Å²) in [6, 6.07) is 5.12. The summed E-state index contributed by atoms with van der Waals surface area (Å²) in [7, 11) is 1.70. The molecule has 0 saturated carbocycles. The Morgan fingerprint density at radius 3 is 2.74 bits per heavy atom. The molecule has 2 N–H and O–H groups in total. The summed E-state index contributed by atoms with van der Waals surface area (Å²) in [6.07, 6.45) is 1.96. The summed E-state index contributed by atoms with van der Waals surface area (Å²) in [6.45, 7) is 5.35. The molecule has 0 bridgehead atoms. The maximum atomic E-state index is 11.4. The Morgan fingerprint density at radius 2 is 2.13 bits per heavy atom. The van der Waals surface area contributed by atoms with Gasteiger partial charge in [0.05, 0.1) is 18.1 Å². The Morgan fingerprint density at radius 1 is 1.39 bits per heavy atom. The van der Waals surface area contributed by atoms with Crippen molar-refractivity contribution in [1.29, 1.82) is 0 Å². The van der Waals surface area contributed by atoms with E-state index in [1.807, 2.05) is 6.92 Å². The van der Waals surface area contributed by atoms with Crippen molar-refractivity contribution >= 4 is 11.4 Å². The standard InChI is InChI=1S/C16H25N3O4/c1-3-23-14-6-4-5-13(15(14)19(20)21)18-11-16(12-22-2)7-9-17-10-8-16/h4-6,17-18H,3,7-12H2,1-2H3. The molecule has 0 spiro atoms. The van der Waals surface area contributed by atoms with E-state index in [2.05, 4.69) is 10.6 Å². The van der Waals surface area contributed by atoms with E-state index in [0.29, 0.717) is 31.2 Å². The molecule has 1 aromatic rings. The van der Waals surface area contributed by atoms with Crippen LogP contribution in [0.4, 0.5) is 11.4 Å². The lowest BCUT2D eigenvalue weighted by Gasteiger charge is -2.37. The Kier molecular flexibility index (Phi) is 6.18. The number of nitrogens with one attached hydrogen (secondary N) is 2. The molecule has 1 aromatic carbocycles. The fourth-order valence-corrected chi connectivity index (χ4v) is 3.04. The summed E-state index contributed by atoms with van der Waals surface area (Å²) in [5, 5.41) is 18.0. The smallest absolute Gasteiger partial charge is 0.333 e. The van der Waals surface area contributed by atoms with Gasteiger partial charge in [0.1, 0.15) is 5.69 Å². The zero-order chi connectivity index (χ0) is 16.7. The van der Waals surface area contributed by atoms with E-state index in [0.717, 1.165) is 25.9 Å². The van der Waals surface area contributed by atoms with E-state index < -0.39 is 4.92 Å². The largest absolute Gasteiger partial charge is 0.487 e. The molecule has 128 valence electrons. The molecule has 7 nitrogen and oxygen atoms in total. The summed E-state index contributed by atoms with van der Waals surface area (Å²) in [5.74, 6) is 0.300. The van der Waals surface area contributed by atoms with Crippen LogP contribution in [0.3, 0.4) is 0 Å². The number of para-hydroxylation sites is 1. The fraction of sp³-hybridized carbons (Fsp3) is 0.625. The Hall–Kier alpha value is -1.86. The van der Waals surface area contributed by atoms with Gasteiger partial charge in [-0.2, -0.15) is 0 Å². The molecule has 0 aliphatic carbocycles. The van der Waals surface area contributed by atoms with Gasteiger partial charge in [-0.1, -0.05) is 6.07 Å². The highest BCUT2D eigenvalue weighted by Gasteiger charge is 2.33. The van der Waals surface area contributed by atoms with Crippen molar-refractivity contribution in [3.63, 3.8) is 0 Å². The molecular weight excluding hydrogens is 298 g/mol. The van der Waals surface area contributed by atoms with Crippen molar-refractivity contribution in [3.8, 4) is 5.75 Å². The Bertz CT molecular complexity index is 525. The number of hydrogen-bond acceptors (Lipinski definition) is 6. The van der Waals surface area contributed by atoms with Gasteiger partial charge in [0.2, 0.25) is 0 Å². The Labute approximate surface area is 136 Å². The van der Waals surface area contributed by atoms with Gasteiger partial charge in [-0.05, 0) is 45.0 Å². The topological polar surface area (TPSA) is 85.7 Å². The van der Waals surface area contributed by atoms with Crippen LogP contribution in [0.5, 0.6) is 5.75 Å². The van der Waals surface area contributed by atoms with Gasteiger partial charge in [0, 0.05) is 19.1 Å². The number of anilines is 1. The zero-order valence-electron chi connectivity index (χ0n) is 13.8. The molecule has 1 saturated heterocycles. The molecule has 1 fully saturated rings. The summed E-state index contributed by atoms with van der Waals surface area (Å²) in [4.78, 5) is 11.0. The van der Waals surface area contributed by atoms with Gasteiger partial charge in [0.25, 0.3) is 0 Å². The van der Waals surface area contributed by atoms with Crippen LogP contribution < -0.4 is 15.4 Å². The van der Waals surface area contributed by atoms with E-state index >= 15 is 0 Å². The number of nitrogens with zero attached hydrogens (tertiary/aromatic N) is 1. The average Bonchev–Trinajstić information content (AvgIpc) is 2.54. The lowest BCUT2D eigenvalue weighted by Crippen LogP contribution is -2.44. The van der Waals surface area contributed by atoms with Gasteiger partial charge in [-0.15, -0.1) is 0 Å². The van der Waals surface area contributed by atoms with E-state index in [1.165, 1.54) is 0 Å². The van der Waals surface area contributed by atoms with Crippen LogP contribution in [0, 0.1) is 15.5 Å². The summed E-state index contributed by atoms with van der Waals surface area (Å²) in [5.41, 5.74) is 0.487. The number of rotatable bonds is 8. The van der Waals surface area contributed by atoms with Crippen LogP contribution in [-0.4, -0.2) is 44.9 Å². The number of ether oxygens (including phenoxy) is 2. The first-order chi connectivity index (χ1) is 11.1. The molecule has 0 amide bonds. The SMILES string of the molecule is CCOc1cccc(NCC2(COC)CCNCC2)c1[N+](=O)[O-]. The number of methoxy groups -OCH3 is 1. The molecule has 0 radical (unpaired) electrons. The van der Waals surface area contributed by atoms with E-state index in [-0.39, 0.29) is 11.1 Å². The molecule has 1 aliphatic heterocycles. The fourth-order valence-electron chi connectivity index (χ4n) is 3.04. The van der Waals surface area contributed by atoms with Crippen LogP contribution in [-0.2, 0) is 4.74 Å². The number of nitro benzene ring substituents is 1. The highest BCUT2D eigenvalue weighted by atomic mass is 16.6. The van der Waals surface area contributed by atoms with Gasteiger partial charge >= 0.3 is 5.69 Å². The third-order valence-corrected chi connectivity index (χ3v) is 4.25. The number of nitro groups is 1. The van der Waals surface area contributed by atoms with E-state index in [4.69, 9.17) is 9.47 Å².